The maximum Gasteiger partial charge on any atom is 0.287 e. The second kappa shape index (κ2) is 11.3. The van der Waals surface area contributed by atoms with Crippen LogP contribution in [-0.2, 0) is 9.59 Å². The maximum absolute atomic E-state index is 13.6. The fourth-order valence-electron chi connectivity index (χ4n) is 4.34. The Balaban J connectivity index is 1.63. The number of amides is 3. The van der Waals surface area contributed by atoms with Crippen molar-refractivity contribution < 1.29 is 18.8 Å². The van der Waals surface area contributed by atoms with Crippen molar-refractivity contribution in [2.45, 2.75) is 44.2 Å². The Morgan fingerprint density at radius 1 is 0.882 bits per heavy atom. The predicted octanol–water partition coefficient (Wildman–Crippen LogP) is 4.23. The SMILES string of the molecule is O=C(NCC(=O)N(c1ccccc1)C(C(=O)NC1CCCCC1)c1ccccc1)c1ccco1. The summed E-state index contributed by atoms with van der Waals surface area (Å²) in [5.74, 6) is -1.01. The molecule has 1 fully saturated rings. The first-order chi connectivity index (χ1) is 16.6. The quantitative estimate of drug-likeness (QED) is 0.527. The van der Waals surface area contributed by atoms with Crippen LogP contribution < -0.4 is 15.5 Å². The van der Waals surface area contributed by atoms with Gasteiger partial charge in [-0.1, -0.05) is 67.8 Å². The molecule has 1 heterocycles. The van der Waals surface area contributed by atoms with Crippen molar-refractivity contribution in [3.05, 3.63) is 90.4 Å². The Hall–Kier alpha value is -3.87. The van der Waals surface area contributed by atoms with Gasteiger partial charge in [0.15, 0.2) is 5.76 Å². The molecule has 1 unspecified atom stereocenters. The Morgan fingerprint density at radius 3 is 2.21 bits per heavy atom. The molecular formula is C27H29N3O4. The molecule has 34 heavy (non-hydrogen) atoms. The third kappa shape index (κ3) is 5.73. The molecular weight excluding hydrogens is 430 g/mol. The van der Waals surface area contributed by atoms with Gasteiger partial charge in [0.1, 0.15) is 6.04 Å². The van der Waals surface area contributed by atoms with Gasteiger partial charge in [0.25, 0.3) is 5.91 Å². The van der Waals surface area contributed by atoms with Crippen molar-refractivity contribution in [2.24, 2.45) is 0 Å². The summed E-state index contributed by atoms with van der Waals surface area (Å²) in [6.45, 7) is -0.283. The number of carbonyl (C=O) groups excluding carboxylic acids is 3. The molecule has 3 aromatic rings. The van der Waals surface area contributed by atoms with E-state index in [0.29, 0.717) is 11.3 Å². The van der Waals surface area contributed by atoms with Crippen LogP contribution in [0, 0.1) is 0 Å². The molecule has 7 nitrogen and oxygen atoms in total. The summed E-state index contributed by atoms with van der Waals surface area (Å²) in [5.41, 5.74) is 1.28. The third-order valence-corrected chi connectivity index (χ3v) is 6.02. The zero-order valence-corrected chi connectivity index (χ0v) is 19.0. The Labute approximate surface area is 199 Å². The number of rotatable bonds is 8. The number of carbonyl (C=O) groups is 3. The van der Waals surface area contributed by atoms with Crippen LogP contribution in [0.5, 0.6) is 0 Å². The first-order valence-electron chi connectivity index (χ1n) is 11.7. The molecule has 1 atom stereocenters. The Kier molecular flexibility index (Phi) is 7.75. The third-order valence-electron chi connectivity index (χ3n) is 6.02. The lowest BCUT2D eigenvalue weighted by atomic mass is 9.94. The largest absolute Gasteiger partial charge is 0.459 e. The Bertz CT molecular complexity index is 1080. The predicted molar refractivity (Wildman–Crippen MR) is 129 cm³/mol. The fourth-order valence-corrected chi connectivity index (χ4v) is 4.34. The summed E-state index contributed by atoms with van der Waals surface area (Å²) < 4.78 is 5.11. The van der Waals surface area contributed by atoms with Crippen molar-refractivity contribution in [3.63, 3.8) is 0 Å². The van der Waals surface area contributed by atoms with Gasteiger partial charge in [0.05, 0.1) is 12.8 Å². The van der Waals surface area contributed by atoms with Gasteiger partial charge in [-0.15, -0.1) is 0 Å². The van der Waals surface area contributed by atoms with Crippen LogP contribution in [0.1, 0.15) is 54.3 Å². The van der Waals surface area contributed by atoms with Crippen LogP contribution in [-0.4, -0.2) is 30.3 Å². The van der Waals surface area contributed by atoms with E-state index < -0.39 is 17.9 Å². The fraction of sp³-hybridized carbons (Fsp3) is 0.296. The number of furan rings is 1. The highest BCUT2D eigenvalue weighted by Crippen LogP contribution is 2.29. The molecule has 1 aliphatic rings. The summed E-state index contributed by atoms with van der Waals surface area (Å²) in [4.78, 5) is 41.0. The number of nitrogens with one attached hydrogen (secondary N) is 2. The van der Waals surface area contributed by atoms with E-state index in [1.807, 2.05) is 48.5 Å². The van der Waals surface area contributed by atoms with E-state index in [2.05, 4.69) is 10.6 Å². The van der Waals surface area contributed by atoms with Gasteiger partial charge in [-0.2, -0.15) is 0 Å². The summed E-state index contributed by atoms with van der Waals surface area (Å²) in [5, 5.41) is 5.78. The van der Waals surface area contributed by atoms with Gasteiger partial charge in [-0.3, -0.25) is 19.3 Å². The van der Waals surface area contributed by atoms with Crippen molar-refractivity contribution in [2.75, 3.05) is 11.4 Å². The number of anilines is 1. The highest BCUT2D eigenvalue weighted by Gasteiger charge is 2.34. The zero-order chi connectivity index (χ0) is 23.8. The monoisotopic (exact) mass is 459 g/mol. The molecule has 2 aromatic carbocycles. The molecule has 0 saturated heterocycles. The molecule has 0 bridgehead atoms. The van der Waals surface area contributed by atoms with Crippen LogP contribution in [0.4, 0.5) is 5.69 Å². The maximum atomic E-state index is 13.6. The van der Waals surface area contributed by atoms with Crippen molar-refractivity contribution in [1.29, 1.82) is 0 Å². The number of benzene rings is 2. The lowest BCUT2D eigenvalue weighted by Crippen LogP contribution is -2.49. The normalized spacial score (nSPS) is 14.7. The van der Waals surface area contributed by atoms with Gasteiger partial charge in [-0.05, 0) is 42.7 Å². The molecule has 1 saturated carbocycles. The van der Waals surface area contributed by atoms with E-state index in [4.69, 9.17) is 4.42 Å². The molecule has 176 valence electrons. The van der Waals surface area contributed by atoms with Gasteiger partial charge >= 0.3 is 0 Å². The highest BCUT2D eigenvalue weighted by molar-refractivity contribution is 6.04. The molecule has 1 aliphatic carbocycles. The smallest absolute Gasteiger partial charge is 0.287 e. The molecule has 0 aliphatic heterocycles. The van der Waals surface area contributed by atoms with E-state index in [1.54, 1.807) is 18.2 Å². The van der Waals surface area contributed by atoms with Gasteiger partial charge in [0, 0.05) is 11.7 Å². The van der Waals surface area contributed by atoms with Gasteiger partial charge in [-0.25, -0.2) is 0 Å². The summed E-state index contributed by atoms with van der Waals surface area (Å²) in [6.07, 6.45) is 6.62. The lowest BCUT2D eigenvalue weighted by Gasteiger charge is -2.33. The first-order valence-corrected chi connectivity index (χ1v) is 11.7. The van der Waals surface area contributed by atoms with E-state index in [0.717, 1.165) is 25.7 Å². The summed E-state index contributed by atoms with van der Waals surface area (Å²) in [6, 6.07) is 20.7. The molecule has 1 aromatic heterocycles. The number of hydrogen-bond acceptors (Lipinski definition) is 4. The highest BCUT2D eigenvalue weighted by atomic mass is 16.3. The molecule has 4 rings (SSSR count). The second-order valence-corrected chi connectivity index (χ2v) is 8.42. The minimum atomic E-state index is -0.876. The topological polar surface area (TPSA) is 91.7 Å². The molecule has 0 radical (unpaired) electrons. The number of hydrogen-bond donors (Lipinski definition) is 2. The number of nitrogens with zero attached hydrogens (tertiary/aromatic N) is 1. The van der Waals surface area contributed by atoms with Crippen molar-refractivity contribution in [1.82, 2.24) is 10.6 Å². The average molecular weight is 460 g/mol. The molecule has 3 amide bonds. The second-order valence-electron chi connectivity index (χ2n) is 8.42. The zero-order valence-electron chi connectivity index (χ0n) is 19.0. The standard InChI is InChI=1S/C27H29N3O4/c31-24(19-28-26(32)23-17-10-18-34-23)30(22-15-8-3-9-16-22)25(20-11-4-1-5-12-20)27(33)29-21-13-6-2-7-14-21/h1,3-5,8-12,15-18,21,25H,2,6-7,13-14,19H2,(H,28,32)(H,29,33). The van der Waals surface area contributed by atoms with Crippen LogP contribution in [0.3, 0.4) is 0 Å². The Morgan fingerprint density at radius 2 is 1.56 bits per heavy atom. The van der Waals surface area contributed by atoms with Gasteiger partial charge in [0.2, 0.25) is 11.8 Å². The number of para-hydroxylation sites is 1. The van der Waals surface area contributed by atoms with Gasteiger partial charge < -0.3 is 15.1 Å². The van der Waals surface area contributed by atoms with Crippen molar-refractivity contribution >= 4 is 23.4 Å². The summed E-state index contributed by atoms with van der Waals surface area (Å²) in [7, 11) is 0. The minimum absolute atomic E-state index is 0.0962. The lowest BCUT2D eigenvalue weighted by molar-refractivity contribution is -0.127. The van der Waals surface area contributed by atoms with Crippen LogP contribution in [0.25, 0.3) is 0 Å². The average Bonchev–Trinajstić information content (AvgIpc) is 3.42. The first kappa shape index (κ1) is 23.3. The van der Waals surface area contributed by atoms with Crippen LogP contribution >= 0.6 is 0 Å². The summed E-state index contributed by atoms with van der Waals surface area (Å²) >= 11 is 0. The van der Waals surface area contributed by atoms with E-state index in [-0.39, 0.29) is 24.3 Å². The molecule has 0 spiro atoms. The van der Waals surface area contributed by atoms with E-state index >= 15 is 0 Å². The van der Waals surface area contributed by atoms with E-state index in [9.17, 15) is 14.4 Å². The van der Waals surface area contributed by atoms with E-state index in [1.165, 1.54) is 23.7 Å². The van der Waals surface area contributed by atoms with Crippen LogP contribution in [0.2, 0.25) is 0 Å². The van der Waals surface area contributed by atoms with Crippen molar-refractivity contribution in [3.8, 4) is 0 Å². The van der Waals surface area contributed by atoms with Crippen LogP contribution in [0.15, 0.2) is 83.5 Å². The molecule has 2 N–H and O–H groups in total. The minimum Gasteiger partial charge on any atom is -0.459 e. The molecule has 7 heteroatoms.